The third kappa shape index (κ3) is 4.67. The first-order chi connectivity index (χ1) is 13.0. The molecule has 1 aliphatic rings. The molecule has 3 amide bonds. The van der Waals surface area contributed by atoms with Crippen LogP contribution in [0.4, 0.5) is 4.79 Å². The Bertz CT molecular complexity index is 873. The standard InChI is InChI=1S/C20H20N2O3S2/c1-3-14-6-8-15(9-7-14)13(2)21-18(23)12-22-19(24)17(27-20(22)25)11-16-5-4-10-26-16/h4-11,13H,3,12H2,1-2H3,(H,21,23)/b17-11-. The van der Waals surface area contributed by atoms with Crippen LogP contribution in [0.5, 0.6) is 0 Å². The molecule has 1 saturated heterocycles. The summed E-state index contributed by atoms with van der Waals surface area (Å²) >= 11 is 2.35. The second-order valence-electron chi connectivity index (χ2n) is 6.17. The molecule has 1 unspecified atom stereocenters. The summed E-state index contributed by atoms with van der Waals surface area (Å²) < 4.78 is 0. The summed E-state index contributed by atoms with van der Waals surface area (Å²) in [5, 5.41) is 4.33. The van der Waals surface area contributed by atoms with Crippen molar-refractivity contribution in [3.05, 3.63) is 62.7 Å². The number of benzene rings is 1. The Morgan fingerprint density at radius 1 is 1.22 bits per heavy atom. The van der Waals surface area contributed by atoms with Crippen LogP contribution in [0.3, 0.4) is 0 Å². The van der Waals surface area contributed by atoms with Crippen molar-refractivity contribution >= 4 is 46.2 Å². The van der Waals surface area contributed by atoms with Crippen molar-refractivity contribution in [1.29, 1.82) is 0 Å². The highest BCUT2D eigenvalue weighted by atomic mass is 32.2. The Morgan fingerprint density at radius 2 is 1.96 bits per heavy atom. The van der Waals surface area contributed by atoms with Gasteiger partial charge in [-0.3, -0.25) is 19.3 Å². The minimum atomic E-state index is -0.423. The number of hydrogen-bond donors (Lipinski definition) is 1. The number of carbonyl (C=O) groups is 3. The van der Waals surface area contributed by atoms with E-state index in [1.807, 2.05) is 48.7 Å². The van der Waals surface area contributed by atoms with Crippen LogP contribution in [-0.2, 0) is 16.0 Å². The van der Waals surface area contributed by atoms with Gasteiger partial charge in [0.25, 0.3) is 11.1 Å². The fourth-order valence-corrected chi connectivity index (χ4v) is 4.26. The zero-order chi connectivity index (χ0) is 19.4. The number of carbonyl (C=O) groups excluding carboxylic acids is 3. The van der Waals surface area contributed by atoms with Crippen LogP contribution in [0, 0.1) is 0 Å². The van der Waals surface area contributed by atoms with Crippen molar-refractivity contribution in [3.8, 4) is 0 Å². The molecule has 1 atom stereocenters. The Balaban J connectivity index is 1.61. The Labute approximate surface area is 166 Å². The van der Waals surface area contributed by atoms with E-state index < -0.39 is 11.1 Å². The van der Waals surface area contributed by atoms with E-state index in [1.165, 1.54) is 16.9 Å². The number of rotatable bonds is 6. The number of nitrogens with zero attached hydrogens (tertiary/aromatic N) is 1. The molecule has 1 aromatic carbocycles. The topological polar surface area (TPSA) is 66.5 Å². The number of thioether (sulfide) groups is 1. The molecular formula is C20H20N2O3S2. The first-order valence-electron chi connectivity index (χ1n) is 8.65. The van der Waals surface area contributed by atoms with Crippen molar-refractivity contribution in [2.45, 2.75) is 26.3 Å². The lowest BCUT2D eigenvalue weighted by Gasteiger charge is -2.17. The molecule has 7 heteroatoms. The molecule has 140 valence electrons. The van der Waals surface area contributed by atoms with Crippen LogP contribution in [0.2, 0.25) is 0 Å². The van der Waals surface area contributed by atoms with Crippen LogP contribution in [0.1, 0.15) is 35.9 Å². The van der Waals surface area contributed by atoms with Gasteiger partial charge in [0.15, 0.2) is 0 Å². The summed E-state index contributed by atoms with van der Waals surface area (Å²) in [6.45, 7) is 3.69. The molecule has 0 bridgehead atoms. The van der Waals surface area contributed by atoms with Gasteiger partial charge in [-0.2, -0.15) is 0 Å². The van der Waals surface area contributed by atoms with E-state index in [2.05, 4.69) is 12.2 Å². The number of thiophene rings is 1. The third-order valence-corrected chi connectivity index (χ3v) is 5.98. The average Bonchev–Trinajstić information content (AvgIpc) is 3.26. The molecule has 0 aliphatic carbocycles. The maximum Gasteiger partial charge on any atom is 0.294 e. The number of hydrogen-bond acceptors (Lipinski definition) is 5. The zero-order valence-corrected chi connectivity index (χ0v) is 16.7. The number of amides is 3. The predicted octanol–water partition coefficient (Wildman–Crippen LogP) is 4.22. The van der Waals surface area contributed by atoms with Gasteiger partial charge in [-0.05, 0) is 53.8 Å². The van der Waals surface area contributed by atoms with Gasteiger partial charge in [-0.1, -0.05) is 37.3 Å². The lowest BCUT2D eigenvalue weighted by Crippen LogP contribution is -2.40. The quantitative estimate of drug-likeness (QED) is 0.737. The first-order valence-corrected chi connectivity index (χ1v) is 10.3. The van der Waals surface area contributed by atoms with Crippen LogP contribution < -0.4 is 5.32 Å². The second-order valence-corrected chi connectivity index (χ2v) is 8.14. The minimum Gasteiger partial charge on any atom is -0.348 e. The summed E-state index contributed by atoms with van der Waals surface area (Å²) in [6.07, 6.45) is 2.64. The third-order valence-electron chi connectivity index (χ3n) is 4.26. The van der Waals surface area contributed by atoms with Crippen LogP contribution in [-0.4, -0.2) is 28.5 Å². The molecule has 2 heterocycles. The molecule has 0 spiro atoms. The molecule has 1 aromatic heterocycles. The van der Waals surface area contributed by atoms with Crippen molar-refractivity contribution in [1.82, 2.24) is 10.2 Å². The fourth-order valence-electron chi connectivity index (χ4n) is 2.69. The van der Waals surface area contributed by atoms with Crippen LogP contribution in [0.15, 0.2) is 46.7 Å². The molecule has 27 heavy (non-hydrogen) atoms. The maximum absolute atomic E-state index is 12.4. The highest BCUT2D eigenvalue weighted by Gasteiger charge is 2.36. The summed E-state index contributed by atoms with van der Waals surface area (Å²) in [4.78, 5) is 39.2. The monoisotopic (exact) mass is 400 g/mol. The second kappa shape index (κ2) is 8.54. The fraction of sp³-hybridized carbons (Fsp3) is 0.250. The van der Waals surface area contributed by atoms with E-state index in [0.717, 1.165) is 33.5 Å². The van der Waals surface area contributed by atoms with Crippen molar-refractivity contribution in [3.63, 3.8) is 0 Å². The highest BCUT2D eigenvalue weighted by Crippen LogP contribution is 2.32. The van der Waals surface area contributed by atoms with E-state index >= 15 is 0 Å². The number of aryl methyl sites for hydroxylation is 1. The van der Waals surface area contributed by atoms with Gasteiger partial charge in [0.05, 0.1) is 10.9 Å². The summed E-state index contributed by atoms with van der Waals surface area (Å²) in [7, 11) is 0. The first kappa shape index (κ1) is 19.4. The van der Waals surface area contributed by atoms with Crippen molar-refractivity contribution in [2.24, 2.45) is 0 Å². The summed E-state index contributed by atoms with van der Waals surface area (Å²) in [6, 6.07) is 11.6. The zero-order valence-electron chi connectivity index (χ0n) is 15.1. The van der Waals surface area contributed by atoms with Gasteiger partial charge in [-0.25, -0.2) is 0 Å². The lowest BCUT2D eigenvalue weighted by atomic mass is 10.1. The Morgan fingerprint density at radius 3 is 2.59 bits per heavy atom. The molecule has 1 aliphatic heterocycles. The summed E-state index contributed by atoms with van der Waals surface area (Å²) in [5.74, 6) is -0.782. The molecule has 3 rings (SSSR count). The minimum absolute atomic E-state index is 0.204. The number of nitrogens with one attached hydrogen (secondary N) is 1. The van der Waals surface area contributed by atoms with Gasteiger partial charge < -0.3 is 5.32 Å². The molecule has 1 fully saturated rings. The summed E-state index contributed by atoms with van der Waals surface area (Å²) in [5.41, 5.74) is 2.21. The van der Waals surface area contributed by atoms with E-state index in [-0.39, 0.29) is 18.5 Å². The molecule has 0 radical (unpaired) electrons. The van der Waals surface area contributed by atoms with Gasteiger partial charge in [0.1, 0.15) is 6.54 Å². The lowest BCUT2D eigenvalue weighted by molar-refractivity contribution is -0.129. The van der Waals surface area contributed by atoms with Gasteiger partial charge >= 0.3 is 0 Å². The smallest absolute Gasteiger partial charge is 0.294 e. The molecule has 5 nitrogen and oxygen atoms in total. The SMILES string of the molecule is CCc1ccc(C(C)NC(=O)CN2C(=O)S/C(=C\c3cccs3)C2=O)cc1. The molecule has 2 aromatic rings. The predicted molar refractivity (Wildman–Crippen MR) is 109 cm³/mol. The Kier molecular flexibility index (Phi) is 6.13. The normalized spacial score (nSPS) is 16.8. The molecule has 1 N–H and O–H groups in total. The van der Waals surface area contributed by atoms with Crippen LogP contribution >= 0.6 is 23.1 Å². The van der Waals surface area contributed by atoms with Gasteiger partial charge in [-0.15, -0.1) is 11.3 Å². The molecular weight excluding hydrogens is 380 g/mol. The van der Waals surface area contributed by atoms with Crippen molar-refractivity contribution in [2.75, 3.05) is 6.54 Å². The van der Waals surface area contributed by atoms with E-state index in [9.17, 15) is 14.4 Å². The van der Waals surface area contributed by atoms with E-state index in [0.29, 0.717) is 4.91 Å². The maximum atomic E-state index is 12.4. The van der Waals surface area contributed by atoms with E-state index in [1.54, 1.807) is 6.08 Å². The van der Waals surface area contributed by atoms with Crippen LogP contribution in [0.25, 0.3) is 6.08 Å². The Hall–Kier alpha value is -2.38. The number of imide groups is 1. The largest absolute Gasteiger partial charge is 0.348 e. The van der Waals surface area contributed by atoms with Gasteiger partial charge in [0.2, 0.25) is 5.91 Å². The average molecular weight is 401 g/mol. The highest BCUT2D eigenvalue weighted by molar-refractivity contribution is 8.18. The van der Waals surface area contributed by atoms with Gasteiger partial charge in [0, 0.05) is 4.88 Å². The van der Waals surface area contributed by atoms with E-state index in [4.69, 9.17) is 0 Å². The van der Waals surface area contributed by atoms with Crippen molar-refractivity contribution < 1.29 is 14.4 Å². The molecule has 0 saturated carbocycles.